The number of halogens is 1. The van der Waals surface area contributed by atoms with Gasteiger partial charge in [-0.05, 0) is 30.7 Å². The molecular formula is C19H22ClN3O3S. The van der Waals surface area contributed by atoms with Crippen molar-refractivity contribution >= 4 is 33.2 Å². The van der Waals surface area contributed by atoms with E-state index in [1.165, 1.54) is 12.1 Å². The lowest BCUT2D eigenvalue weighted by atomic mass is 10.2. The predicted octanol–water partition coefficient (Wildman–Crippen LogP) is 2.72. The number of nitrogens with one attached hydrogen (secondary N) is 2. The molecule has 1 unspecified atom stereocenters. The number of nitrogens with zero attached hydrogens (tertiary/aromatic N) is 1. The summed E-state index contributed by atoms with van der Waals surface area (Å²) in [7, 11) is -3.73. The van der Waals surface area contributed by atoms with Crippen LogP contribution in [0.15, 0.2) is 59.5 Å². The molecule has 1 saturated heterocycles. The van der Waals surface area contributed by atoms with Crippen LogP contribution in [0.4, 0.5) is 5.69 Å². The van der Waals surface area contributed by atoms with Crippen LogP contribution < -0.4 is 10.0 Å². The molecule has 1 amide bonds. The highest BCUT2D eigenvalue weighted by molar-refractivity contribution is 7.89. The van der Waals surface area contributed by atoms with E-state index in [1.807, 2.05) is 30.3 Å². The van der Waals surface area contributed by atoms with Crippen LogP contribution >= 0.6 is 11.6 Å². The molecule has 2 N–H and O–H groups in total. The van der Waals surface area contributed by atoms with Gasteiger partial charge in [0.1, 0.15) is 4.90 Å². The number of amides is 1. The standard InChI is InChI=1S/C19H22ClN3O3S/c20-17-8-4-5-9-18(17)27(25,26)21-12-10-19(24)23-13-11-16(14-23)22-15-6-2-1-3-7-15/h1-9,16,21-22H,10-14H2. The van der Waals surface area contributed by atoms with Gasteiger partial charge in [-0.3, -0.25) is 4.79 Å². The number of hydrogen-bond acceptors (Lipinski definition) is 4. The minimum atomic E-state index is -3.73. The highest BCUT2D eigenvalue weighted by Gasteiger charge is 2.26. The smallest absolute Gasteiger partial charge is 0.242 e. The zero-order valence-corrected chi connectivity index (χ0v) is 16.3. The third-order valence-electron chi connectivity index (χ3n) is 4.44. The number of hydrogen-bond donors (Lipinski definition) is 2. The van der Waals surface area contributed by atoms with Gasteiger partial charge in [-0.1, -0.05) is 41.9 Å². The van der Waals surface area contributed by atoms with E-state index in [9.17, 15) is 13.2 Å². The van der Waals surface area contributed by atoms with Crippen molar-refractivity contribution < 1.29 is 13.2 Å². The fourth-order valence-corrected chi connectivity index (χ4v) is 4.61. The van der Waals surface area contributed by atoms with Crippen molar-refractivity contribution in [3.8, 4) is 0 Å². The molecule has 1 atom stereocenters. The lowest BCUT2D eigenvalue weighted by Crippen LogP contribution is -2.34. The molecule has 1 heterocycles. The van der Waals surface area contributed by atoms with Crippen LogP contribution in [0, 0.1) is 0 Å². The molecule has 0 aliphatic carbocycles. The van der Waals surface area contributed by atoms with Crippen molar-refractivity contribution in [2.75, 3.05) is 25.0 Å². The van der Waals surface area contributed by atoms with E-state index in [-0.39, 0.29) is 34.8 Å². The van der Waals surface area contributed by atoms with E-state index in [0.717, 1.165) is 12.1 Å². The molecule has 0 saturated carbocycles. The van der Waals surface area contributed by atoms with Crippen LogP contribution in [-0.2, 0) is 14.8 Å². The molecule has 0 bridgehead atoms. The van der Waals surface area contributed by atoms with Crippen molar-refractivity contribution in [2.24, 2.45) is 0 Å². The summed E-state index contributed by atoms with van der Waals surface area (Å²) in [5, 5.41) is 3.57. The van der Waals surface area contributed by atoms with Crippen LogP contribution in [0.1, 0.15) is 12.8 Å². The minimum absolute atomic E-state index is 0.0208. The van der Waals surface area contributed by atoms with Gasteiger partial charge in [0.2, 0.25) is 15.9 Å². The summed E-state index contributed by atoms with van der Waals surface area (Å²) in [5.41, 5.74) is 1.03. The van der Waals surface area contributed by atoms with E-state index in [0.29, 0.717) is 13.1 Å². The Labute approximate surface area is 164 Å². The normalized spacial score (nSPS) is 17.1. The third-order valence-corrected chi connectivity index (χ3v) is 6.40. The molecule has 6 nitrogen and oxygen atoms in total. The number of sulfonamides is 1. The second kappa shape index (κ2) is 8.73. The number of anilines is 1. The maximum absolute atomic E-state index is 12.4. The van der Waals surface area contributed by atoms with Crippen molar-refractivity contribution in [3.63, 3.8) is 0 Å². The summed E-state index contributed by atoms with van der Waals surface area (Å²) in [5.74, 6) is -0.0609. The van der Waals surface area contributed by atoms with Crippen LogP contribution in [0.2, 0.25) is 5.02 Å². The molecule has 2 aromatic carbocycles. The second-order valence-electron chi connectivity index (χ2n) is 6.41. The fourth-order valence-electron chi connectivity index (χ4n) is 3.07. The average Bonchev–Trinajstić information content (AvgIpc) is 3.11. The number of carbonyl (C=O) groups is 1. The average molecular weight is 408 g/mol. The van der Waals surface area contributed by atoms with Crippen LogP contribution in [0.3, 0.4) is 0 Å². The maximum atomic E-state index is 12.4. The number of carbonyl (C=O) groups excluding carboxylic acids is 1. The Kier molecular flexibility index (Phi) is 6.36. The first kappa shape index (κ1) is 19.7. The molecule has 0 aromatic heterocycles. The topological polar surface area (TPSA) is 78.5 Å². The fraction of sp³-hybridized carbons (Fsp3) is 0.316. The van der Waals surface area contributed by atoms with Gasteiger partial charge in [-0.25, -0.2) is 13.1 Å². The van der Waals surface area contributed by atoms with Crippen LogP contribution in [0.25, 0.3) is 0 Å². The summed E-state index contributed by atoms with van der Waals surface area (Å²) >= 11 is 5.94. The van der Waals surface area contributed by atoms with E-state index in [1.54, 1.807) is 17.0 Å². The van der Waals surface area contributed by atoms with Gasteiger partial charge < -0.3 is 10.2 Å². The first-order valence-electron chi connectivity index (χ1n) is 8.79. The van der Waals surface area contributed by atoms with E-state index >= 15 is 0 Å². The van der Waals surface area contributed by atoms with Crippen molar-refractivity contribution in [1.82, 2.24) is 9.62 Å². The third kappa shape index (κ3) is 5.22. The van der Waals surface area contributed by atoms with Gasteiger partial charge in [0, 0.05) is 37.8 Å². The van der Waals surface area contributed by atoms with Crippen molar-refractivity contribution in [3.05, 3.63) is 59.6 Å². The van der Waals surface area contributed by atoms with Crippen molar-refractivity contribution in [1.29, 1.82) is 0 Å². The molecule has 2 aromatic rings. The predicted molar refractivity (Wildman–Crippen MR) is 106 cm³/mol. The molecule has 3 rings (SSSR count). The molecule has 0 radical (unpaired) electrons. The SMILES string of the molecule is O=C(CCNS(=O)(=O)c1ccccc1Cl)N1CCC(Nc2ccccc2)C1. The maximum Gasteiger partial charge on any atom is 0.242 e. The first-order chi connectivity index (χ1) is 13.0. The summed E-state index contributed by atoms with van der Waals surface area (Å²) in [6.45, 7) is 1.32. The van der Waals surface area contributed by atoms with Gasteiger partial charge in [-0.15, -0.1) is 0 Å². The van der Waals surface area contributed by atoms with Crippen LogP contribution in [0.5, 0.6) is 0 Å². The van der Waals surface area contributed by atoms with E-state index in [2.05, 4.69) is 10.0 Å². The van der Waals surface area contributed by atoms with Gasteiger partial charge in [0.05, 0.1) is 5.02 Å². The summed E-state index contributed by atoms with van der Waals surface area (Å²) in [4.78, 5) is 14.2. The lowest BCUT2D eigenvalue weighted by Gasteiger charge is -2.18. The molecule has 1 fully saturated rings. The Hall–Kier alpha value is -2.09. The van der Waals surface area contributed by atoms with Gasteiger partial charge in [-0.2, -0.15) is 0 Å². The quantitative estimate of drug-likeness (QED) is 0.739. The van der Waals surface area contributed by atoms with E-state index < -0.39 is 10.0 Å². The first-order valence-corrected chi connectivity index (χ1v) is 10.7. The molecular weight excluding hydrogens is 386 g/mol. The summed E-state index contributed by atoms with van der Waals surface area (Å²) < 4.78 is 27.0. The van der Waals surface area contributed by atoms with E-state index in [4.69, 9.17) is 11.6 Å². The summed E-state index contributed by atoms with van der Waals surface area (Å²) in [6.07, 6.45) is 0.980. The Balaban J connectivity index is 1.47. The molecule has 144 valence electrons. The number of para-hydroxylation sites is 1. The second-order valence-corrected chi connectivity index (χ2v) is 8.56. The lowest BCUT2D eigenvalue weighted by molar-refractivity contribution is -0.129. The Morgan fingerprint density at radius 3 is 2.56 bits per heavy atom. The molecule has 1 aliphatic rings. The minimum Gasteiger partial charge on any atom is -0.380 e. The Morgan fingerprint density at radius 2 is 1.81 bits per heavy atom. The zero-order valence-electron chi connectivity index (χ0n) is 14.8. The highest BCUT2D eigenvalue weighted by Crippen LogP contribution is 2.20. The zero-order chi connectivity index (χ0) is 19.3. The van der Waals surface area contributed by atoms with Crippen molar-refractivity contribution in [2.45, 2.75) is 23.8 Å². The number of benzene rings is 2. The van der Waals surface area contributed by atoms with Crippen LogP contribution in [-0.4, -0.2) is 44.9 Å². The molecule has 8 heteroatoms. The van der Waals surface area contributed by atoms with Gasteiger partial charge >= 0.3 is 0 Å². The Morgan fingerprint density at radius 1 is 1.11 bits per heavy atom. The summed E-state index contributed by atoms with van der Waals surface area (Å²) in [6, 6.07) is 16.3. The number of rotatable bonds is 7. The number of likely N-dealkylation sites (tertiary alicyclic amines) is 1. The van der Waals surface area contributed by atoms with Gasteiger partial charge in [0.15, 0.2) is 0 Å². The monoisotopic (exact) mass is 407 g/mol. The van der Waals surface area contributed by atoms with Gasteiger partial charge in [0.25, 0.3) is 0 Å². The molecule has 27 heavy (non-hydrogen) atoms. The molecule has 1 aliphatic heterocycles. The Bertz CT molecular complexity index is 890. The largest absolute Gasteiger partial charge is 0.380 e. The molecule has 0 spiro atoms. The highest BCUT2D eigenvalue weighted by atomic mass is 35.5.